The van der Waals surface area contributed by atoms with Crippen LogP contribution in [-0.4, -0.2) is 51.4 Å². The third-order valence-electron chi connectivity index (χ3n) is 8.07. The van der Waals surface area contributed by atoms with Gasteiger partial charge in [-0.2, -0.15) is 0 Å². The van der Waals surface area contributed by atoms with E-state index < -0.39 is 23.6 Å². The van der Waals surface area contributed by atoms with Gasteiger partial charge in [0.15, 0.2) is 5.60 Å². The maximum atomic E-state index is 13.5. The number of rotatable bonds is 11. The number of amides is 2. The lowest BCUT2D eigenvalue weighted by Crippen LogP contribution is -2.44. The Kier molecular flexibility index (Phi) is 8.76. The van der Waals surface area contributed by atoms with Crippen LogP contribution >= 0.6 is 0 Å². The van der Waals surface area contributed by atoms with Crippen LogP contribution in [-0.2, 0) is 39.6 Å². The van der Waals surface area contributed by atoms with Crippen molar-refractivity contribution in [3.05, 3.63) is 56.9 Å². The van der Waals surface area contributed by atoms with Crippen LogP contribution in [0.15, 0.2) is 29.1 Å². The zero-order chi connectivity index (χ0) is 30.7. The van der Waals surface area contributed by atoms with Crippen molar-refractivity contribution in [1.82, 2.24) is 25.7 Å². The Bertz CT molecular complexity index is 1650. The molecule has 2 aliphatic rings. The van der Waals surface area contributed by atoms with Gasteiger partial charge in [0.2, 0.25) is 5.91 Å². The van der Waals surface area contributed by atoms with E-state index in [9.17, 15) is 24.3 Å². The van der Waals surface area contributed by atoms with Gasteiger partial charge in [-0.1, -0.05) is 19.8 Å². The van der Waals surface area contributed by atoms with Gasteiger partial charge < -0.3 is 29.8 Å². The van der Waals surface area contributed by atoms with Crippen molar-refractivity contribution in [3.63, 3.8) is 0 Å². The molecule has 5 rings (SSSR count). The Labute approximate surface area is 247 Å². The third kappa shape index (κ3) is 5.70. The number of hydrogen-bond donors (Lipinski definition) is 5. The van der Waals surface area contributed by atoms with E-state index in [1.54, 1.807) is 41.2 Å². The van der Waals surface area contributed by atoms with Crippen LogP contribution in [0.4, 0.5) is 4.79 Å². The Balaban J connectivity index is 1.37. The number of fused-ring (bicyclic) bond motifs is 5. The summed E-state index contributed by atoms with van der Waals surface area (Å²) < 4.78 is 12.3. The van der Waals surface area contributed by atoms with Crippen LogP contribution in [0.5, 0.6) is 5.75 Å². The number of benzene rings is 1. The maximum Gasteiger partial charge on any atom is 0.412 e. The number of nitrogens with one attached hydrogen (secondary N) is 3. The van der Waals surface area contributed by atoms with Crippen LogP contribution in [0.25, 0.3) is 22.3 Å². The van der Waals surface area contributed by atoms with Crippen LogP contribution in [0.1, 0.15) is 67.7 Å². The van der Waals surface area contributed by atoms with E-state index in [1.165, 1.54) is 0 Å². The molecule has 0 saturated carbocycles. The summed E-state index contributed by atoms with van der Waals surface area (Å²) in [4.78, 5) is 54.4. The second-order valence-corrected chi connectivity index (χ2v) is 10.7. The topological polar surface area (TPSA) is 181 Å². The molecule has 43 heavy (non-hydrogen) atoms. The van der Waals surface area contributed by atoms with Crippen molar-refractivity contribution in [2.24, 2.45) is 0 Å². The van der Waals surface area contributed by atoms with Gasteiger partial charge in [0.1, 0.15) is 12.4 Å². The van der Waals surface area contributed by atoms with E-state index in [2.05, 4.69) is 10.6 Å². The summed E-state index contributed by atoms with van der Waals surface area (Å²) in [6.45, 7) is 2.60. The number of cyclic esters (lactones) is 1. The Morgan fingerprint density at radius 1 is 1.14 bits per heavy atom. The van der Waals surface area contributed by atoms with Gasteiger partial charge in [-0.05, 0) is 56.1 Å². The van der Waals surface area contributed by atoms with Crippen molar-refractivity contribution in [2.75, 3.05) is 13.6 Å². The van der Waals surface area contributed by atoms with Gasteiger partial charge in [-0.15, -0.1) is 0 Å². The second-order valence-electron chi connectivity index (χ2n) is 10.7. The lowest BCUT2D eigenvalue weighted by atomic mass is 9.86. The summed E-state index contributed by atoms with van der Waals surface area (Å²) in [7, 11) is 1.81. The Hall–Kier alpha value is -4.33. The van der Waals surface area contributed by atoms with Crippen molar-refractivity contribution >= 4 is 28.9 Å². The number of carbonyl (C=O) groups excluding carboxylic acids is 3. The zero-order valence-corrected chi connectivity index (χ0v) is 24.1. The summed E-state index contributed by atoms with van der Waals surface area (Å²) >= 11 is 0. The number of unbranched alkanes of at least 4 members (excludes halogenated alkanes) is 3. The molecule has 1 atom stereocenters. The normalized spacial score (nSPS) is 16.7. The number of esters is 1. The molecule has 0 radical (unpaired) electrons. The highest BCUT2D eigenvalue weighted by molar-refractivity contribution is 5.90. The lowest BCUT2D eigenvalue weighted by Gasteiger charge is -2.31. The predicted molar refractivity (Wildman–Crippen MR) is 154 cm³/mol. The quantitative estimate of drug-likeness (QED) is 0.0749. The minimum absolute atomic E-state index is 0.0621. The van der Waals surface area contributed by atoms with E-state index in [4.69, 9.17) is 19.7 Å². The highest BCUT2D eigenvalue weighted by Gasteiger charge is 2.45. The summed E-state index contributed by atoms with van der Waals surface area (Å²) in [6, 6.07) is 6.83. The fourth-order valence-corrected chi connectivity index (χ4v) is 5.74. The molecule has 0 saturated heterocycles. The van der Waals surface area contributed by atoms with Gasteiger partial charge in [-0.3, -0.25) is 14.8 Å². The molecule has 13 nitrogen and oxygen atoms in total. The number of pyridine rings is 2. The molecule has 5 N–H and O–H groups in total. The molecule has 1 aromatic carbocycles. The Morgan fingerprint density at radius 3 is 2.67 bits per heavy atom. The van der Waals surface area contributed by atoms with Crippen LogP contribution in [0.2, 0.25) is 0 Å². The molecule has 0 spiro atoms. The van der Waals surface area contributed by atoms with E-state index >= 15 is 0 Å². The van der Waals surface area contributed by atoms with Gasteiger partial charge in [0, 0.05) is 36.0 Å². The number of carbonyl (C=O) groups is 3. The average molecular weight is 594 g/mol. The van der Waals surface area contributed by atoms with E-state index in [1.807, 2.05) is 7.05 Å². The molecule has 13 heteroatoms. The third-order valence-corrected chi connectivity index (χ3v) is 8.07. The monoisotopic (exact) mass is 593 g/mol. The molecule has 0 unspecified atom stereocenters. The molecule has 0 bridgehead atoms. The zero-order valence-electron chi connectivity index (χ0n) is 24.1. The summed E-state index contributed by atoms with van der Waals surface area (Å²) in [5.74, 6) is -0.843. The van der Waals surface area contributed by atoms with Crippen LogP contribution in [0.3, 0.4) is 0 Å². The first-order valence-electron chi connectivity index (χ1n) is 14.4. The lowest BCUT2D eigenvalue weighted by molar-refractivity contribution is -0.172. The molecular formula is C30H35N5O8. The van der Waals surface area contributed by atoms with Gasteiger partial charge in [-0.25, -0.2) is 20.1 Å². The van der Waals surface area contributed by atoms with E-state index in [0.29, 0.717) is 42.2 Å². The van der Waals surface area contributed by atoms with Crippen LogP contribution < -0.4 is 26.4 Å². The molecule has 4 heterocycles. The number of hydrogen-bond acceptors (Lipinski definition) is 10. The molecule has 2 aromatic heterocycles. The summed E-state index contributed by atoms with van der Waals surface area (Å²) in [5, 5.41) is 26.3. The highest BCUT2D eigenvalue weighted by Crippen LogP contribution is 2.40. The number of aliphatic hydroxyl groups is 1. The fourth-order valence-electron chi connectivity index (χ4n) is 5.74. The number of ether oxygens (including phenoxy) is 2. The second kappa shape index (κ2) is 12.5. The molecular weight excluding hydrogens is 558 g/mol. The minimum atomic E-state index is -1.90. The van der Waals surface area contributed by atoms with Crippen molar-refractivity contribution in [2.45, 2.75) is 70.7 Å². The van der Waals surface area contributed by atoms with Crippen molar-refractivity contribution < 1.29 is 34.2 Å². The first-order chi connectivity index (χ1) is 20.7. The summed E-state index contributed by atoms with van der Waals surface area (Å²) in [5.41, 5.74) is 3.36. The molecule has 0 fully saturated rings. The number of aromatic nitrogens is 2. The molecule has 228 valence electrons. The largest absolute Gasteiger partial charge is 0.458 e. The maximum absolute atomic E-state index is 13.5. The molecule has 2 aliphatic heterocycles. The number of hydroxylamine groups is 1. The number of nitrogens with zero attached hydrogens (tertiary/aromatic N) is 2. The van der Waals surface area contributed by atoms with E-state index in [-0.39, 0.29) is 42.7 Å². The molecule has 3 aromatic rings. The standard InChI is InChI=1S/C30H35N5O8/c1-3-30(40)22-13-24-26-20(15-35(24)27(37)21(22)16-42-28(30)38)19(14-31-2)18-12-17(9-10-23(18)33-26)43-29(39)32-11-7-5-4-6-8-25(36)34-41/h9-10,12-13,31,40-41H,3-8,11,14-16H2,1-2H3,(H,32,39)(H,34,36)/t30-/m0/s1. The van der Waals surface area contributed by atoms with E-state index in [0.717, 1.165) is 35.8 Å². The van der Waals surface area contributed by atoms with Crippen molar-refractivity contribution in [1.29, 1.82) is 0 Å². The van der Waals surface area contributed by atoms with Crippen LogP contribution in [0, 0.1) is 0 Å². The SMILES string of the molecule is CC[C@@]1(O)C(=O)OCc2c1cc1n(c2=O)Cc2c-1nc1ccc(OC(=O)NCCCCCCC(=O)NO)cc1c2CNC. The Morgan fingerprint density at radius 2 is 1.93 bits per heavy atom. The first-order valence-corrected chi connectivity index (χ1v) is 14.4. The van der Waals surface area contributed by atoms with Gasteiger partial charge >= 0.3 is 12.1 Å². The first kappa shape index (κ1) is 30.1. The predicted octanol–water partition coefficient (Wildman–Crippen LogP) is 2.34. The molecule has 0 aliphatic carbocycles. The molecule has 2 amide bonds. The summed E-state index contributed by atoms with van der Waals surface area (Å²) in [6.07, 6.45) is 2.71. The average Bonchev–Trinajstić information content (AvgIpc) is 3.37. The van der Waals surface area contributed by atoms with Crippen molar-refractivity contribution in [3.8, 4) is 17.1 Å². The minimum Gasteiger partial charge on any atom is -0.458 e. The van der Waals surface area contributed by atoms with Gasteiger partial charge in [0.05, 0.1) is 29.0 Å². The fraction of sp³-hybridized carbons (Fsp3) is 0.433. The highest BCUT2D eigenvalue weighted by atomic mass is 16.6. The smallest absolute Gasteiger partial charge is 0.412 e. The van der Waals surface area contributed by atoms with Gasteiger partial charge in [0.25, 0.3) is 5.56 Å².